The summed E-state index contributed by atoms with van der Waals surface area (Å²) in [5, 5.41) is 4.66. The molecule has 1 N–H and O–H groups in total. The van der Waals surface area contributed by atoms with Crippen molar-refractivity contribution in [3.63, 3.8) is 0 Å². The lowest BCUT2D eigenvalue weighted by Gasteiger charge is -2.38. The van der Waals surface area contributed by atoms with Gasteiger partial charge in [-0.15, -0.1) is 0 Å². The molecule has 2 aliphatic rings. The molecular formula is C17H24N2S. The van der Waals surface area contributed by atoms with Gasteiger partial charge in [0.1, 0.15) is 0 Å². The van der Waals surface area contributed by atoms with Crippen LogP contribution in [0.25, 0.3) is 0 Å². The van der Waals surface area contributed by atoms with Gasteiger partial charge in [0.15, 0.2) is 5.17 Å². The van der Waals surface area contributed by atoms with Crippen molar-refractivity contribution in [2.75, 3.05) is 17.6 Å². The molecule has 0 aromatic heterocycles. The molecule has 108 valence electrons. The molecule has 3 rings (SSSR count). The van der Waals surface area contributed by atoms with Gasteiger partial charge >= 0.3 is 0 Å². The second-order valence-electron chi connectivity index (χ2n) is 6.36. The van der Waals surface area contributed by atoms with Gasteiger partial charge in [-0.05, 0) is 43.2 Å². The van der Waals surface area contributed by atoms with Gasteiger partial charge in [-0.1, -0.05) is 49.2 Å². The molecule has 0 unspecified atom stereocenters. The molecule has 1 aliphatic carbocycles. The second kappa shape index (κ2) is 5.80. The third-order valence-electron chi connectivity index (χ3n) is 4.70. The quantitative estimate of drug-likeness (QED) is 0.805. The number of aryl methyl sites for hydroxylation is 2. The van der Waals surface area contributed by atoms with E-state index in [9.17, 15) is 0 Å². The van der Waals surface area contributed by atoms with Crippen LogP contribution in [-0.2, 0) is 0 Å². The SMILES string of the molecule is Cc1cccc(C)c1NC1=NCC2(CCCCC2)CS1. The van der Waals surface area contributed by atoms with Gasteiger partial charge in [0.2, 0.25) is 0 Å². The Morgan fingerprint density at radius 1 is 1.10 bits per heavy atom. The Morgan fingerprint density at radius 3 is 2.40 bits per heavy atom. The predicted molar refractivity (Wildman–Crippen MR) is 89.8 cm³/mol. The molecule has 1 aliphatic heterocycles. The molecule has 1 saturated carbocycles. The summed E-state index contributed by atoms with van der Waals surface area (Å²) in [5.74, 6) is 1.24. The largest absolute Gasteiger partial charge is 0.335 e. The highest BCUT2D eigenvalue weighted by Gasteiger charge is 2.34. The zero-order valence-electron chi connectivity index (χ0n) is 12.5. The summed E-state index contributed by atoms with van der Waals surface area (Å²) in [5.41, 5.74) is 4.34. The van der Waals surface area contributed by atoms with Crippen molar-refractivity contribution >= 4 is 22.6 Å². The number of nitrogens with one attached hydrogen (secondary N) is 1. The van der Waals surface area contributed by atoms with Crippen molar-refractivity contribution in [1.29, 1.82) is 0 Å². The first-order valence-electron chi connectivity index (χ1n) is 7.69. The maximum atomic E-state index is 4.85. The fraction of sp³-hybridized carbons (Fsp3) is 0.588. The van der Waals surface area contributed by atoms with Crippen LogP contribution in [0.4, 0.5) is 5.69 Å². The highest BCUT2D eigenvalue weighted by atomic mass is 32.2. The fourth-order valence-electron chi connectivity index (χ4n) is 3.35. The van der Waals surface area contributed by atoms with Crippen molar-refractivity contribution in [2.45, 2.75) is 46.0 Å². The normalized spacial score (nSPS) is 21.6. The number of para-hydroxylation sites is 1. The number of amidine groups is 1. The van der Waals surface area contributed by atoms with Gasteiger partial charge in [-0.3, -0.25) is 4.99 Å². The van der Waals surface area contributed by atoms with Gasteiger partial charge in [-0.25, -0.2) is 0 Å². The van der Waals surface area contributed by atoms with E-state index in [0.717, 1.165) is 11.7 Å². The molecule has 0 radical (unpaired) electrons. The van der Waals surface area contributed by atoms with Gasteiger partial charge in [0.25, 0.3) is 0 Å². The summed E-state index contributed by atoms with van der Waals surface area (Å²) in [6, 6.07) is 6.43. The van der Waals surface area contributed by atoms with Crippen LogP contribution in [0.3, 0.4) is 0 Å². The molecule has 0 bridgehead atoms. The van der Waals surface area contributed by atoms with Gasteiger partial charge < -0.3 is 5.32 Å². The van der Waals surface area contributed by atoms with E-state index in [1.54, 1.807) is 0 Å². The minimum absolute atomic E-state index is 0.509. The lowest BCUT2D eigenvalue weighted by molar-refractivity contribution is 0.232. The van der Waals surface area contributed by atoms with Crippen LogP contribution in [0.2, 0.25) is 0 Å². The molecule has 1 aromatic carbocycles. The third-order valence-corrected chi connectivity index (χ3v) is 5.96. The topological polar surface area (TPSA) is 24.4 Å². The number of rotatable bonds is 1. The first kappa shape index (κ1) is 14.0. The average Bonchev–Trinajstić information content (AvgIpc) is 2.46. The summed E-state index contributed by atoms with van der Waals surface area (Å²) in [6.07, 6.45) is 6.97. The Bertz CT molecular complexity index is 495. The number of hydrogen-bond donors (Lipinski definition) is 1. The monoisotopic (exact) mass is 288 g/mol. The zero-order valence-corrected chi connectivity index (χ0v) is 13.4. The Kier molecular flexibility index (Phi) is 4.06. The minimum atomic E-state index is 0.509. The van der Waals surface area contributed by atoms with Crippen LogP contribution in [0, 0.1) is 19.3 Å². The van der Waals surface area contributed by atoms with Gasteiger partial charge in [-0.2, -0.15) is 0 Å². The van der Waals surface area contributed by atoms with E-state index < -0.39 is 0 Å². The smallest absolute Gasteiger partial charge is 0.161 e. The van der Waals surface area contributed by atoms with Crippen LogP contribution in [0.1, 0.15) is 43.2 Å². The maximum Gasteiger partial charge on any atom is 0.161 e. The predicted octanol–water partition coefficient (Wildman–Crippen LogP) is 4.77. The Hall–Kier alpha value is -0.960. The van der Waals surface area contributed by atoms with E-state index in [0.29, 0.717) is 5.41 Å². The molecule has 1 heterocycles. The highest BCUT2D eigenvalue weighted by Crippen LogP contribution is 2.42. The van der Waals surface area contributed by atoms with Gasteiger partial charge in [0.05, 0.1) is 0 Å². The number of nitrogens with zero attached hydrogens (tertiary/aromatic N) is 1. The number of benzene rings is 1. The third kappa shape index (κ3) is 2.88. The molecule has 0 amide bonds. The van der Waals surface area contributed by atoms with Gasteiger partial charge in [0, 0.05) is 18.0 Å². The lowest BCUT2D eigenvalue weighted by atomic mass is 9.75. The number of hydrogen-bond acceptors (Lipinski definition) is 3. The summed E-state index contributed by atoms with van der Waals surface area (Å²) in [7, 11) is 0. The zero-order chi connectivity index (χ0) is 14.0. The van der Waals surface area contributed by atoms with Crippen LogP contribution >= 0.6 is 11.8 Å². The summed E-state index contributed by atoms with van der Waals surface area (Å²) >= 11 is 1.92. The van der Waals surface area contributed by atoms with Crippen LogP contribution < -0.4 is 5.32 Å². The Balaban J connectivity index is 1.71. The Morgan fingerprint density at radius 2 is 1.80 bits per heavy atom. The first-order chi connectivity index (χ1) is 9.69. The van der Waals surface area contributed by atoms with E-state index in [1.165, 1.54) is 54.7 Å². The molecule has 0 saturated heterocycles. The van der Waals surface area contributed by atoms with Crippen LogP contribution in [-0.4, -0.2) is 17.5 Å². The maximum absolute atomic E-state index is 4.85. The first-order valence-corrected chi connectivity index (χ1v) is 8.68. The second-order valence-corrected chi connectivity index (χ2v) is 7.33. The summed E-state index contributed by atoms with van der Waals surface area (Å²) < 4.78 is 0. The van der Waals surface area contributed by atoms with Crippen molar-refractivity contribution < 1.29 is 0 Å². The van der Waals surface area contributed by atoms with Crippen molar-refractivity contribution in [1.82, 2.24) is 0 Å². The van der Waals surface area contributed by atoms with E-state index in [1.807, 2.05) is 11.8 Å². The van der Waals surface area contributed by atoms with Crippen molar-refractivity contribution in [2.24, 2.45) is 10.4 Å². The Labute approximate surface area is 126 Å². The molecule has 20 heavy (non-hydrogen) atoms. The van der Waals surface area contributed by atoms with Crippen molar-refractivity contribution in [3.05, 3.63) is 29.3 Å². The highest BCUT2D eigenvalue weighted by molar-refractivity contribution is 8.14. The molecule has 1 aromatic rings. The molecule has 1 spiro atoms. The molecular weight excluding hydrogens is 264 g/mol. The number of anilines is 1. The van der Waals surface area contributed by atoms with E-state index in [4.69, 9.17) is 4.99 Å². The van der Waals surface area contributed by atoms with E-state index in [-0.39, 0.29) is 0 Å². The fourth-order valence-corrected chi connectivity index (χ4v) is 4.50. The van der Waals surface area contributed by atoms with E-state index >= 15 is 0 Å². The summed E-state index contributed by atoms with van der Waals surface area (Å²) in [4.78, 5) is 4.85. The standard InChI is InChI=1S/C17H24N2S/c1-13-7-6-8-14(2)15(13)19-16-18-11-17(12-20-16)9-4-3-5-10-17/h6-8H,3-5,9-12H2,1-2H3,(H,18,19). The lowest BCUT2D eigenvalue weighted by Crippen LogP contribution is -2.35. The van der Waals surface area contributed by atoms with Crippen molar-refractivity contribution in [3.8, 4) is 0 Å². The molecule has 3 heteroatoms. The molecule has 0 atom stereocenters. The number of thioether (sulfide) groups is 1. The summed E-state index contributed by atoms with van der Waals surface area (Å²) in [6.45, 7) is 5.34. The number of aliphatic imine (C=N–C) groups is 1. The minimum Gasteiger partial charge on any atom is -0.335 e. The molecule has 1 fully saturated rings. The van der Waals surface area contributed by atoms with Crippen LogP contribution in [0.15, 0.2) is 23.2 Å². The molecule has 2 nitrogen and oxygen atoms in total. The van der Waals surface area contributed by atoms with E-state index in [2.05, 4.69) is 37.4 Å². The van der Waals surface area contributed by atoms with Crippen LogP contribution in [0.5, 0.6) is 0 Å². The average molecular weight is 288 g/mol.